The van der Waals surface area contributed by atoms with Crippen LogP contribution < -0.4 is 10.4 Å². The van der Waals surface area contributed by atoms with Crippen LogP contribution in [0.2, 0.25) is 0 Å². The van der Waals surface area contributed by atoms with E-state index >= 15 is 0 Å². The first kappa shape index (κ1) is 13.5. The minimum Gasteiger partial charge on any atom is -0.121 e. The lowest BCUT2D eigenvalue weighted by atomic mass is 10.4. The molecule has 0 radical (unpaired) electrons. The molecule has 1 aromatic carbocycles. The minimum absolute atomic E-state index is 0.566. The van der Waals surface area contributed by atoms with Gasteiger partial charge >= 0.3 is 12.0 Å². The average Bonchev–Trinajstić information content (AvgIpc) is 2.01. The number of benzene rings is 1. The summed E-state index contributed by atoms with van der Waals surface area (Å²) in [6, 6.07) is 0.941. The van der Waals surface area contributed by atoms with E-state index in [0.29, 0.717) is 10.4 Å². The standard InChI is InChI=1S/C6H4Cl6Si2/c7-13(8,9)5-3-1-2-4-6(5)14(10,11)12/h1-4H. The molecule has 14 heavy (non-hydrogen) atoms. The highest BCUT2D eigenvalue weighted by Gasteiger charge is 2.38. The summed E-state index contributed by atoms with van der Waals surface area (Å²) in [5.74, 6) is 0. The van der Waals surface area contributed by atoms with Gasteiger partial charge < -0.3 is 0 Å². The molecule has 0 atom stereocenters. The Labute approximate surface area is 112 Å². The van der Waals surface area contributed by atoms with Crippen molar-refractivity contribution in [3.05, 3.63) is 24.3 Å². The Balaban J connectivity index is 3.31. The lowest BCUT2D eigenvalue weighted by Crippen LogP contribution is -2.50. The summed E-state index contributed by atoms with van der Waals surface area (Å²) in [5, 5.41) is 1.13. The summed E-state index contributed by atoms with van der Waals surface area (Å²) in [6.45, 7) is 0. The summed E-state index contributed by atoms with van der Waals surface area (Å²) in [4.78, 5) is 0. The fourth-order valence-corrected chi connectivity index (χ4v) is 7.84. The molecule has 0 N–H and O–H groups in total. The number of rotatable bonds is 2. The second kappa shape index (κ2) is 4.72. The maximum Gasteiger partial charge on any atom is 0.372 e. The first-order valence-corrected chi connectivity index (χ1v) is 13.5. The second-order valence-electron chi connectivity index (χ2n) is 2.54. The molecule has 0 saturated heterocycles. The Morgan fingerprint density at radius 1 is 0.643 bits per heavy atom. The molecule has 0 fully saturated rings. The van der Waals surface area contributed by atoms with Crippen molar-refractivity contribution in [2.45, 2.75) is 0 Å². The average molecular weight is 345 g/mol. The zero-order valence-corrected chi connectivity index (χ0v) is 13.1. The minimum atomic E-state index is -2.99. The van der Waals surface area contributed by atoms with Crippen molar-refractivity contribution in [3.8, 4) is 0 Å². The van der Waals surface area contributed by atoms with E-state index in [-0.39, 0.29) is 0 Å². The summed E-state index contributed by atoms with van der Waals surface area (Å²) in [7, 11) is 0. The summed E-state index contributed by atoms with van der Waals surface area (Å²) in [6.07, 6.45) is 0. The molecule has 78 valence electrons. The van der Waals surface area contributed by atoms with Gasteiger partial charge in [-0.15, -0.1) is 66.5 Å². The number of hydrogen-bond donors (Lipinski definition) is 0. The number of hydrogen-bond acceptors (Lipinski definition) is 0. The largest absolute Gasteiger partial charge is 0.372 e. The van der Waals surface area contributed by atoms with Gasteiger partial charge in [-0.05, 0) is 10.4 Å². The Morgan fingerprint density at radius 3 is 1.14 bits per heavy atom. The van der Waals surface area contributed by atoms with Crippen LogP contribution in [-0.2, 0) is 0 Å². The SMILES string of the molecule is Cl[Si](Cl)(Cl)c1ccccc1[Si](Cl)(Cl)Cl. The van der Waals surface area contributed by atoms with Gasteiger partial charge in [0.15, 0.2) is 0 Å². The normalized spacial score (nSPS) is 13.0. The van der Waals surface area contributed by atoms with Gasteiger partial charge in [-0.1, -0.05) is 24.3 Å². The van der Waals surface area contributed by atoms with Gasteiger partial charge in [0.25, 0.3) is 0 Å². The third kappa shape index (κ3) is 3.46. The molecule has 0 spiro atoms. The molecule has 0 aromatic heterocycles. The third-order valence-corrected chi connectivity index (χ3v) is 7.55. The van der Waals surface area contributed by atoms with Crippen molar-refractivity contribution in [1.82, 2.24) is 0 Å². The molecule has 0 aliphatic heterocycles. The first-order chi connectivity index (χ1) is 6.23. The van der Waals surface area contributed by atoms with Gasteiger partial charge in [0.05, 0.1) is 0 Å². The van der Waals surface area contributed by atoms with Gasteiger partial charge in [-0.3, -0.25) is 0 Å². The molecule has 8 heteroatoms. The van der Waals surface area contributed by atoms with Crippen LogP contribution in [0.15, 0.2) is 24.3 Å². The molecule has 0 bridgehead atoms. The maximum absolute atomic E-state index is 5.89. The van der Waals surface area contributed by atoms with Gasteiger partial charge in [0.1, 0.15) is 0 Å². The van der Waals surface area contributed by atoms with Crippen LogP contribution in [-0.4, -0.2) is 12.0 Å². The molecule has 0 aliphatic carbocycles. The van der Waals surface area contributed by atoms with E-state index in [0.717, 1.165) is 0 Å². The highest BCUT2D eigenvalue weighted by atomic mass is 35.8. The zero-order valence-electron chi connectivity index (χ0n) is 6.58. The van der Waals surface area contributed by atoms with Crippen LogP contribution in [0.3, 0.4) is 0 Å². The van der Waals surface area contributed by atoms with Crippen molar-refractivity contribution >= 4 is 88.9 Å². The molecule has 0 aliphatic rings. The van der Waals surface area contributed by atoms with Gasteiger partial charge in [-0.25, -0.2) is 0 Å². The summed E-state index contributed by atoms with van der Waals surface area (Å²) in [5.41, 5.74) is 0. The van der Waals surface area contributed by atoms with Crippen LogP contribution >= 0.6 is 66.5 Å². The van der Waals surface area contributed by atoms with E-state index in [9.17, 15) is 0 Å². The van der Waals surface area contributed by atoms with Gasteiger partial charge in [-0.2, -0.15) is 0 Å². The number of halogens is 6. The van der Waals surface area contributed by atoms with Crippen molar-refractivity contribution in [3.63, 3.8) is 0 Å². The Morgan fingerprint density at radius 2 is 0.929 bits per heavy atom. The highest BCUT2D eigenvalue weighted by molar-refractivity contribution is 7.73. The topological polar surface area (TPSA) is 0 Å². The van der Waals surface area contributed by atoms with Crippen molar-refractivity contribution in [1.29, 1.82) is 0 Å². The first-order valence-electron chi connectivity index (χ1n) is 3.46. The summed E-state index contributed by atoms with van der Waals surface area (Å²) < 4.78 is 0. The molecule has 0 heterocycles. The predicted octanol–water partition coefficient (Wildman–Crippen LogP) is 3.41. The molecule has 0 amide bonds. The lowest BCUT2D eigenvalue weighted by molar-refractivity contribution is 1.82. The third-order valence-electron chi connectivity index (χ3n) is 1.54. The molecule has 1 aromatic rings. The molecule has 0 nitrogen and oxygen atoms in total. The Hall–Kier alpha value is 1.39. The molecular formula is C6H4Cl6Si2. The van der Waals surface area contributed by atoms with E-state index in [2.05, 4.69) is 0 Å². The highest BCUT2D eigenvalue weighted by Crippen LogP contribution is 2.24. The van der Waals surface area contributed by atoms with Crippen molar-refractivity contribution in [2.75, 3.05) is 0 Å². The smallest absolute Gasteiger partial charge is 0.121 e. The Bertz CT molecular complexity index is 295. The zero-order chi connectivity index (χ0) is 11.0. The van der Waals surface area contributed by atoms with Crippen LogP contribution in [0.25, 0.3) is 0 Å². The van der Waals surface area contributed by atoms with Crippen molar-refractivity contribution in [2.24, 2.45) is 0 Å². The van der Waals surface area contributed by atoms with Gasteiger partial charge in [0, 0.05) is 0 Å². The van der Waals surface area contributed by atoms with Crippen LogP contribution in [0.4, 0.5) is 0 Å². The van der Waals surface area contributed by atoms with Crippen LogP contribution in [0.5, 0.6) is 0 Å². The van der Waals surface area contributed by atoms with E-state index < -0.39 is 12.0 Å². The quantitative estimate of drug-likeness (QED) is 0.569. The fraction of sp³-hybridized carbons (Fsp3) is 0. The molecule has 1 rings (SSSR count). The fourth-order valence-electron chi connectivity index (χ4n) is 0.978. The summed E-state index contributed by atoms with van der Waals surface area (Å²) >= 11 is 35.3. The molecule has 0 unspecified atom stereocenters. The van der Waals surface area contributed by atoms with Crippen LogP contribution in [0, 0.1) is 0 Å². The Kier molecular flexibility index (Phi) is 4.54. The van der Waals surface area contributed by atoms with E-state index in [1.807, 2.05) is 0 Å². The van der Waals surface area contributed by atoms with E-state index in [1.165, 1.54) is 0 Å². The molecule has 0 saturated carbocycles. The lowest BCUT2D eigenvalue weighted by Gasteiger charge is -2.17. The van der Waals surface area contributed by atoms with E-state index in [4.69, 9.17) is 66.5 Å². The van der Waals surface area contributed by atoms with Crippen molar-refractivity contribution < 1.29 is 0 Å². The van der Waals surface area contributed by atoms with Crippen LogP contribution in [0.1, 0.15) is 0 Å². The maximum atomic E-state index is 5.89. The second-order valence-corrected chi connectivity index (χ2v) is 19.3. The van der Waals surface area contributed by atoms with E-state index in [1.54, 1.807) is 24.3 Å². The molecular weight excluding hydrogens is 341 g/mol. The predicted molar refractivity (Wildman–Crippen MR) is 72.3 cm³/mol. The monoisotopic (exact) mass is 342 g/mol. The van der Waals surface area contributed by atoms with Gasteiger partial charge in [0.2, 0.25) is 0 Å².